The van der Waals surface area contributed by atoms with Gasteiger partial charge in [0, 0.05) is 24.2 Å². The number of rotatable bonds is 1. The van der Waals surface area contributed by atoms with Crippen LogP contribution in [0.2, 0.25) is 0 Å². The molecule has 4 rings (SSSR count). The molecule has 3 saturated heterocycles. The van der Waals surface area contributed by atoms with Gasteiger partial charge < -0.3 is 10.2 Å². The first-order valence-corrected chi connectivity index (χ1v) is 8.27. The smallest absolute Gasteiger partial charge is 0.254 e. The van der Waals surface area contributed by atoms with Gasteiger partial charge in [0.15, 0.2) is 0 Å². The highest BCUT2D eigenvalue weighted by Crippen LogP contribution is 2.53. The number of nitriles is 1. The summed E-state index contributed by atoms with van der Waals surface area (Å²) in [6.45, 7) is 0.752. The van der Waals surface area contributed by atoms with E-state index in [1.165, 1.54) is 0 Å². The van der Waals surface area contributed by atoms with Crippen LogP contribution in [0.5, 0.6) is 0 Å². The van der Waals surface area contributed by atoms with E-state index >= 15 is 0 Å². The van der Waals surface area contributed by atoms with Crippen molar-refractivity contribution in [1.82, 2.24) is 10.2 Å². The second-order valence-corrected chi connectivity index (χ2v) is 6.87. The Morgan fingerprint density at radius 1 is 1.30 bits per heavy atom. The van der Waals surface area contributed by atoms with Crippen molar-refractivity contribution < 1.29 is 9.59 Å². The van der Waals surface area contributed by atoms with E-state index in [2.05, 4.69) is 11.4 Å². The van der Waals surface area contributed by atoms with Gasteiger partial charge in [0.1, 0.15) is 0 Å². The van der Waals surface area contributed by atoms with Gasteiger partial charge in [-0.05, 0) is 56.4 Å². The zero-order chi connectivity index (χ0) is 16.0. The van der Waals surface area contributed by atoms with Crippen LogP contribution < -0.4 is 5.32 Å². The number of piperidine rings is 1. The molecule has 3 aliphatic heterocycles. The lowest BCUT2D eigenvalue weighted by molar-refractivity contribution is -0.135. The van der Waals surface area contributed by atoms with Gasteiger partial charge in [-0.15, -0.1) is 0 Å². The SMILES string of the molecule is N#Cc1ccc(C(=O)N2[C@H]3CC[C@H]2[C@]2(CCCNC2=O)C3)cc1. The summed E-state index contributed by atoms with van der Waals surface area (Å²) in [7, 11) is 0. The van der Waals surface area contributed by atoms with Gasteiger partial charge in [0.25, 0.3) is 5.91 Å². The maximum atomic E-state index is 13.0. The van der Waals surface area contributed by atoms with Crippen molar-refractivity contribution in [2.45, 2.75) is 44.2 Å². The van der Waals surface area contributed by atoms with Crippen LogP contribution in [-0.2, 0) is 4.79 Å². The minimum Gasteiger partial charge on any atom is -0.356 e. The topological polar surface area (TPSA) is 73.2 Å². The predicted octanol–water partition coefficient (Wildman–Crippen LogP) is 1.83. The molecular weight excluding hydrogens is 290 g/mol. The van der Waals surface area contributed by atoms with Crippen molar-refractivity contribution in [2.75, 3.05) is 6.54 Å². The Balaban J connectivity index is 1.63. The number of fused-ring (bicyclic) bond motifs is 3. The molecule has 2 amide bonds. The maximum Gasteiger partial charge on any atom is 0.254 e. The first-order valence-electron chi connectivity index (χ1n) is 8.27. The minimum absolute atomic E-state index is 0.00256. The molecule has 2 bridgehead atoms. The highest BCUT2D eigenvalue weighted by atomic mass is 16.2. The number of nitrogens with zero attached hydrogens (tertiary/aromatic N) is 2. The zero-order valence-corrected chi connectivity index (χ0v) is 12.9. The third-order valence-electron chi connectivity index (χ3n) is 5.77. The van der Waals surface area contributed by atoms with Gasteiger partial charge in [-0.1, -0.05) is 0 Å². The second-order valence-electron chi connectivity index (χ2n) is 6.87. The molecule has 5 heteroatoms. The predicted molar refractivity (Wildman–Crippen MR) is 83.4 cm³/mol. The number of carbonyl (C=O) groups is 2. The minimum atomic E-state index is -0.372. The molecule has 3 aliphatic rings. The van der Waals surface area contributed by atoms with E-state index in [1.807, 2.05) is 4.90 Å². The third-order valence-corrected chi connectivity index (χ3v) is 5.77. The Morgan fingerprint density at radius 2 is 2.09 bits per heavy atom. The van der Waals surface area contributed by atoms with Gasteiger partial charge in [-0.25, -0.2) is 0 Å². The van der Waals surface area contributed by atoms with Crippen LogP contribution >= 0.6 is 0 Å². The largest absolute Gasteiger partial charge is 0.356 e. The average Bonchev–Trinajstić information content (AvgIpc) is 3.13. The molecule has 0 aromatic heterocycles. The van der Waals surface area contributed by atoms with E-state index in [1.54, 1.807) is 24.3 Å². The number of carbonyl (C=O) groups excluding carboxylic acids is 2. The molecule has 3 fully saturated rings. The van der Waals surface area contributed by atoms with Crippen molar-refractivity contribution >= 4 is 11.8 Å². The van der Waals surface area contributed by atoms with Crippen molar-refractivity contribution in [1.29, 1.82) is 5.26 Å². The number of amides is 2. The first-order chi connectivity index (χ1) is 11.2. The Hall–Kier alpha value is -2.35. The lowest BCUT2D eigenvalue weighted by atomic mass is 9.68. The monoisotopic (exact) mass is 309 g/mol. The molecule has 0 aliphatic carbocycles. The molecule has 3 heterocycles. The van der Waals surface area contributed by atoms with Crippen LogP contribution in [0.25, 0.3) is 0 Å². The maximum absolute atomic E-state index is 13.0. The van der Waals surface area contributed by atoms with Crippen molar-refractivity contribution in [3.8, 4) is 6.07 Å². The third kappa shape index (κ3) is 1.98. The Bertz CT molecular complexity index is 706. The van der Waals surface area contributed by atoms with Gasteiger partial charge in [0.2, 0.25) is 5.91 Å². The summed E-state index contributed by atoms with van der Waals surface area (Å²) in [6.07, 6.45) is 4.58. The zero-order valence-electron chi connectivity index (χ0n) is 12.9. The Kier molecular flexibility index (Phi) is 3.15. The van der Waals surface area contributed by atoms with Crippen LogP contribution in [0.3, 0.4) is 0 Å². The van der Waals surface area contributed by atoms with E-state index in [9.17, 15) is 9.59 Å². The number of benzene rings is 1. The van der Waals surface area contributed by atoms with Gasteiger partial charge >= 0.3 is 0 Å². The molecule has 118 valence electrons. The normalized spacial score (nSPS) is 32.0. The van der Waals surface area contributed by atoms with Crippen LogP contribution in [0.1, 0.15) is 48.0 Å². The van der Waals surface area contributed by atoms with Crippen LogP contribution in [0.4, 0.5) is 0 Å². The number of nitrogens with one attached hydrogen (secondary N) is 1. The van der Waals surface area contributed by atoms with Crippen LogP contribution in [0, 0.1) is 16.7 Å². The molecule has 0 unspecified atom stereocenters. The summed E-state index contributed by atoms with van der Waals surface area (Å²) in [5.74, 6) is 0.130. The fourth-order valence-electron chi connectivity index (χ4n) is 4.73. The highest BCUT2D eigenvalue weighted by molar-refractivity contribution is 5.96. The van der Waals surface area contributed by atoms with E-state index in [0.717, 1.165) is 38.6 Å². The highest BCUT2D eigenvalue weighted by Gasteiger charge is 2.61. The standard InChI is InChI=1S/C18H19N3O2/c19-11-12-2-4-13(5-3-12)16(22)21-14-6-7-15(21)18(10-14)8-1-9-20-17(18)23/h2-5,14-15H,1,6-10H2,(H,20,23)/t14-,15-,18-/m0/s1. The number of hydrogen-bond donors (Lipinski definition) is 1. The number of hydrogen-bond acceptors (Lipinski definition) is 3. The lowest BCUT2D eigenvalue weighted by Crippen LogP contribution is -2.53. The molecule has 23 heavy (non-hydrogen) atoms. The van der Waals surface area contributed by atoms with Gasteiger partial charge in [-0.3, -0.25) is 9.59 Å². The lowest BCUT2D eigenvalue weighted by Gasteiger charge is -2.39. The van der Waals surface area contributed by atoms with Crippen LogP contribution in [0.15, 0.2) is 24.3 Å². The summed E-state index contributed by atoms with van der Waals surface area (Å²) in [5, 5.41) is 11.9. The molecule has 5 nitrogen and oxygen atoms in total. The molecule has 1 aromatic carbocycles. The Labute approximate surface area is 135 Å². The average molecular weight is 309 g/mol. The molecule has 1 spiro atoms. The van der Waals surface area contributed by atoms with E-state index < -0.39 is 0 Å². The summed E-state index contributed by atoms with van der Waals surface area (Å²) in [6, 6.07) is 9.04. The first kappa shape index (κ1) is 14.3. The quantitative estimate of drug-likeness (QED) is 0.860. The van der Waals surface area contributed by atoms with Crippen molar-refractivity contribution in [3.63, 3.8) is 0 Å². The van der Waals surface area contributed by atoms with Gasteiger partial charge in [-0.2, -0.15) is 5.26 Å². The molecule has 3 atom stereocenters. The fourth-order valence-corrected chi connectivity index (χ4v) is 4.73. The van der Waals surface area contributed by atoms with Crippen molar-refractivity contribution in [2.24, 2.45) is 5.41 Å². The summed E-state index contributed by atoms with van der Waals surface area (Å²) in [4.78, 5) is 27.4. The van der Waals surface area contributed by atoms with Gasteiger partial charge in [0.05, 0.1) is 17.0 Å². The summed E-state index contributed by atoms with van der Waals surface area (Å²) in [5.41, 5.74) is 0.784. The molecule has 0 saturated carbocycles. The van der Waals surface area contributed by atoms with E-state index in [-0.39, 0.29) is 29.3 Å². The Morgan fingerprint density at radius 3 is 2.78 bits per heavy atom. The molecule has 0 radical (unpaired) electrons. The fraction of sp³-hybridized carbons (Fsp3) is 0.500. The molecule has 1 aromatic rings. The van der Waals surface area contributed by atoms with E-state index in [4.69, 9.17) is 5.26 Å². The summed E-state index contributed by atoms with van der Waals surface area (Å²) < 4.78 is 0. The molecule has 1 N–H and O–H groups in total. The van der Waals surface area contributed by atoms with Crippen LogP contribution in [-0.4, -0.2) is 35.3 Å². The van der Waals surface area contributed by atoms with Crippen molar-refractivity contribution in [3.05, 3.63) is 35.4 Å². The molecular formula is C18H19N3O2. The second kappa shape index (κ2) is 5.09. The summed E-state index contributed by atoms with van der Waals surface area (Å²) >= 11 is 0. The van der Waals surface area contributed by atoms with E-state index in [0.29, 0.717) is 11.1 Å².